The zero-order chi connectivity index (χ0) is 16.2. The van der Waals surface area contributed by atoms with Crippen molar-refractivity contribution in [2.45, 2.75) is 12.8 Å². The zero-order valence-electron chi connectivity index (χ0n) is 11.6. The summed E-state index contributed by atoms with van der Waals surface area (Å²) in [4.78, 5) is 11.9. The van der Waals surface area contributed by atoms with Crippen LogP contribution in [0.3, 0.4) is 0 Å². The summed E-state index contributed by atoms with van der Waals surface area (Å²) < 4.78 is 43.4. The summed E-state index contributed by atoms with van der Waals surface area (Å²) in [7, 11) is 0. The van der Waals surface area contributed by atoms with E-state index in [9.17, 15) is 18.0 Å². The molecule has 0 aliphatic carbocycles. The van der Waals surface area contributed by atoms with E-state index in [0.29, 0.717) is 0 Å². The second kappa shape index (κ2) is 6.47. The summed E-state index contributed by atoms with van der Waals surface area (Å²) in [5.41, 5.74) is -0.130. The molecule has 0 bridgehead atoms. The molecule has 0 heterocycles. The molecular weight excluding hydrogens is 293 g/mol. The predicted molar refractivity (Wildman–Crippen MR) is 77.1 cm³/mol. The van der Waals surface area contributed by atoms with Gasteiger partial charge in [-0.25, -0.2) is 4.79 Å². The normalized spacial score (nSPS) is 11.0. The van der Waals surface area contributed by atoms with Gasteiger partial charge >= 0.3 is 12.1 Å². The van der Waals surface area contributed by atoms with Crippen molar-refractivity contribution in [1.82, 2.24) is 0 Å². The van der Waals surface area contributed by atoms with Crippen LogP contribution < -0.4 is 0 Å². The second-order valence-corrected chi connectivity index (χ2v) is 4.57. The molecule has 0 unspecified atom stereocenters. The Bertz CT molecular complexity index is 676. The van der Waals surface area contributed by atoms with E-state index in [1.807, 2.05) is 6.07 Å². The molecule has 0 aliphatic heterocycles. The molecule has 2 aromatic rings. The average Bonchev–Trinajstić information content (AvgIpc) is 2.52. The first-order valence-electron chi connectivity index (χ1n) is 6.46. The highest BCUT2D eigenvalue weighted by Gasteiger charge is 2.33. The Hall–Kier alpha value is -2.56. The van der Waals surface area contributed by atoms with Crippen LogP contribution in [0.25, 0.3) is 6.08 Å². The van der Waals surface area contributed by atoms with Gasteiger partial charge in [-0.2, -0.15) is 13.2 Å². The number of halogens is 3. The van der Waals surface area contributed by atoms with Crippen molar-refractivity contribution in [1.29, 1.82) is 0 Å². The van der Waals surface area contributed by atoms with Crippen LogP contribution >= 0.6 is 0 Å². The first-order chi connectivity index (χ1) is 10.4. The molecule has 0 aromatic heterocycles. The van der Waals surface area contributed by atoms with Crippen LogP contribution in [-0.4, -0.2) is 5.97 Å². The summed E-state index contributed by atoms with van der Waals surface area (Å²) in [6.45, 7) is 3.41. The van der Waals surface area contributed by atoms with Gasteiger partial charge in [0.2, 0.25) is 0 Å². The third kappa shape index (κ3) is 3.75. The van der Waals surface area contributed by atoms with Crippen molar-refractivity contribution < 1.29 is 22.7 Å². The lowest BCUT2D eigenvalue weighted by Gasteiger charge is -2.12. The number of rotatable bonds is 4. The lowest BCUT2D eigenvalue weighted by Crippen LogP contribution is -2.10. The predicted octanol–water partition coefficient (Wildman–Crippen LogP) is 4.71. The van der Waals surface area contributed by atoms with Gasteiger partial charge in [-0.15, -0.1) is 0 Å². The molecule has 0 aliphatic rings. The minimum absolute atomic E-state index is 0.0545. The fraction of sp³-hybridized carbons (Fsp3) is 0.118. The van der Waals surface area contributed by atoms with Crippen LogP contribution in [0.5, 0.6) is 0 Å². The zero-order valence-corrected chi connectivity index (χ0v) is 11.6. The van der Waals surface area contributed by atoms with E-state index in [2.05, 4.69) is 6.58 Å². The average molecular weight is 306 g/mol. The molecule has 22 heavy (non-hydrogen) atoms. The third-order valence-corrected chi connectivity index (χ3v) is 3.03. The van der Waals surface area contributed by atoms with Crippen LogP contribution in [-0.2, 0) is 17.5 Å². The topological polar surface area (TPSA) is 26.3 Å². The highest BCUT2D eigenvalue weighted by Crippen LogP contribution is 2.33. The van der Waals surface area contributed by atoms with Gasteiger partial charge in [0.15, 0.2) is 0 Å². The van der Waals surface area contributed by atoms with E-state index in [1.165, 1.54) is 0 Å². The van der Waals surface area contributed by atoms with E-state index in [-0.39, 0.29) is 17.7 Å². The number of ether oxygens (including phenoxy) is 1. The number of carbonyl (C=O) groups excluding carboxylic acids is 1. The Morgan fingerprint density at radius 2 is 1.82 bits per heavy atom. The molecule has 2 rings (SSSR count). The number of hydrogen-bond donors (Lipinski definition) is 0. The van der Waals surface area contributed by atoms with Crippen LogP contribution in [0.2, 0.25) is 0 Å². The molecule has 2 nitrogen and oxygen atoms in total. The molecule has 0 atom stereocenters. The maximum atomic E-state index is 12.8. The molecule has 0 saturated carbocycles. The summed E-state index contributed by atoms with van der Waals surface area (Å²) in [5, 5.41) is 0. The van der Waals surface area contributed by atoms with Crippen molar-refractivity contribution in [3.8, 4) is 0 Å². The van der Waals surface area contributed by atoms with Crippen LogP contribution in [0.1, 0.15) is 27.0 Å². The first kappa shape index (κ1) is 15.8. The van der Waals surface area contributed by atoms with Crippen LogP contribution in [0.15, 0.2) is 55.1 Å². The molecule has 0 amide bonds. The van der Waals surface area contributed by atoms with Gasteiger partial charge in [0, 0.05) is 0 Å². The lowest BCUT2D eigenvalue weighted by molar-refractivity contribution is -0.137. The minimum Gasteiger partial charge on any atom is -0.457 e. The van der Waals surface area contributed by atoms with Crippen LogP contribution in [0.4, 0.5) is 13.2 Å². The van der Waals surface area contributed by atoms with Crippen molar-refractivity contribution in [3.63, 3.8) is 0 Å². The smallest absolute Gasteiger partial charge is 0.416 e. The fourth-order valence-corrected chi connectivity index (χ4v) is 1.92. The third-order valence-electron chi connectivity index (χ3n) is 3.03. The van der Waals surface area contributed by atoms with E-state index < -0.39 is 17.7 Å². The molecule has 0 fully saturated rings. The SMILES string of the molecule is C=Cc1cc(C(=O)OCc2ccccc2)ccc1C(F)(F)F. The quantitative estimate of drug-likeness (QED) is 0.765. The fourth-order valence-electron chi connectivity index (χ4n) is 1.92. The molecule has 0 N–H and O–H groups in total. The molecule has 0 saturated heterocycles. The van der Waals surface area contributed by atoms with Gasteiger partial charge < -0.3 is 4.74 Å². The second-order valence-electron chi connectivity index (χ2n) is 4.57. The van der Waals surface area contributed by atoms with Gasteiger partial charge in [0.1, 0.15) is 6.61 Å². The first-order valence-corrected chi connectivity index (χ1v) is 6.46. The van der Waals surface area contributed by atoms with Gasteiger partial charge in [0.05, 0.1) is 11.1 Å². The Labute approximate surface area is 125 Å². The van der Waals surface area contributed by atoms with Crippen LogP contribution in [0, 0.1) is 0 Å². The number of carbonyl (C=O) groups is 1. The largest absolute Gasteiger partial charge is 0.457 e. The monoisotopic (exact) mass is 306 g/mol. The maximum absolute atomic E-state index is 12.8. The Morgan fingerprint density at radius 1 is 1.14 bits per heavy atom. The molecular formula is C17H13F3O2. The van der Waals surface area contributed by atoms with Crippen molar-refractivity contribution in [2.24, 2.45) is 0 Å². The lowest BCUT2D eigenvalue weighted by atomic mass is 10.0. The Morgan fingerprint density at radius 3 is 2.41 bits per heavy atom. The highest BCUT2D eigenvalue weighted by molar-refractivity contribution is 5.90. The number of benzene rings is 2. The summed E-state index contributed by atoms with van der Waals surface area (Å²) in [6.07, 6.45) is -3.42. The minimum atomic E-state index is -4.49. The van der Waals surface area contributed by atoms with E-state index in [0.717, 1.165) is 29.8 Å². The summed E-state index contributed by atoms with van der Waals surface area (Å²) in [6, 6.07) is 12.1. The van der Waals surface area contributed by atoms with Crippen molar-refractivity contribution in [2.75, 3.05) is 0 Å². The summed E-state index contributed by atoms with van der Waals surface area (Å²) in [5.74, 6) is -0.680. The molecule has 0 radical (unpaired) electrons. The number of esters is 1. The molecule has 0 spiro atoms. The number of hydrogen-bond acceptors (Lipinski definition) is 2. The van der Waals surface area contributed by atoms with Gasteiger partial charge in [-0.05, 0) is 29.3 Å². The van der Waals surface area contributed by atoms with Crippen molar-refractivity contribution >= 4 is 12.0 Å². The Balaban J connectivity index is 2.15. The standard InChI is InChI=1S/C17H13F3O2/c1-2-13-10-14(8-9-15(13)17(18,19)20)16(21)22-11-12-6-4-3-5-7-12/h2-10H,1,11H2. The molecule has 2 aromatic carbocycles. The number of alkyl halides is 3. The van der Waals surface area contributed by atoms with E-state index >= 15 is 0 Å². The molecule has 114 valence electrons. The Kier molecular flexibility index (Phi) is 4.65. The molecule has 5 heteroatoms. The van der Waals surface area contributed by atoms with Gasteiger partial charge in [-0.1, -0.05) is 43.0 Å². The summed E-state index contributed by atoms with van der Waals surface area (Å²) >= 11 is 0. The maximum Gasteiger partial charge on any atom is 0.416 e. The van der Waals surface area contributed by atoms with E-state index in [4.69, 9.17) is 4.74 Å². The van der Waals surface area contributed by atoms with Gasteiger partial charge in [-0.3, -0.25) is 0 Å². The highest BCUT2D eigenvalue weighted by atomic mass is 19.4. The van der Waals surface area contributed by atoms with Gasteiger partial charge in [0.25, 0.3) is 0 Å². The van der Waals surface area contributed by atoms with E-state index in [1.54, 1.807) is 24.3 Å². The van der Waals surface area contributed by atoms with Crippen molar-refractivity contribution in [3.05, 3.63) is 77.4 Å².